The zero-order chi connectivity index (χ0) is 56.0. The van der Waals surface area contributed by atoms with Gasteiger partial charge in [-0.2, -0.15) is 0 Å². The number of nitrogens with zero attached hydrogens (tertiary/aromatic N) is 6. The number of carbonyl (C=O) groups is 1. The monoisotopic (exact) mass is 1080 g/mol. The van der Waals surface area contributed by atoms with E-state index >= 15 is 0 Å². The third-order valence-electron chi connectivity index (χ3n) is 17.1. The molecule has 0 saturated carbocycles. The summed E-state index contributed by atoms with van der Waals surface area (Å²) in [6, 6.07) is 6.10. The van der Waals surface area contributed by atoms with Gasteiger partial charge < -0.3 is 78.1 Å². The lowest BCUT2D eigenvalue weighted by molar-refractivity contribution is -0.318. The van der Waals surface area contributed by atoms with Crippen LogP contribution in [0.2, 0.25) is 0 Å². The maximum absolute atomic E-state index is 14.9. The van der Waals surface area contributed by atoms with Crippen molar-refractivity contribution in [3.8, 4) is 0 Å². The van der Waals surface area contributed by atoms with E-state index in [1.165, 1.54) is 18.7 Å². The molecule has 20 atom stereocenters. The molecule has 4 saturated heterocycles. The average Bonchev–Trinajstić information content (AvgIpc) is 3.87. The number of esters is 1. The topological polar surface area (TPSA) is 232 Å². The number of carbonyl (C=O) groups excluding carboxylic acids is 1. The second kappa shape index (κ2) is 26.5. The number of ether oxygens (including phenoxy) is 8. The van der Waals surface area contributed by atoms with E-state index in [0.717, 1.165) is 24.3 Å². The van der Waals surface area contributed by atoms with Gasteiger partial charge in [0, 0.05) is 83.1 Å². The lowest BCUT2D eigenvalue weighted by Gasteiger charge is -2.49. The summed E-state index contributed by atoms with van der Waals surface area (Å²) in [7, 11) is 6.78. The number of aliphatic hydroxyl groups is 5. The van der Waals surface area contributed by atoms with Gasteiger partial charge in [0.25, 0.3) is 0 Å². The minimum atomic E-state index is -1.85. The molecule has 1 aromatic heterocycles. The van der Waals surface area contributed by atoms with Crippen LogP contribution in [-0.2, 0) is 49.1 Å². The molecule has 0 aliphatic carbocycles. The molecule has 0 amide bonds. The molecule has 434 valence electrons. The molecule has 76 heavy (non-hydrogen) atoms. The Morgan fingerprint density at radius 2 is 1.62 bits per heavy atom. The van der Waals surface area contributed by atoms with E-state index < -0.39 is 127 Å². The summed E-state index contributed by atoms with van der Waals surface area (Å²) >= 11 is 0. The van der Waals surface area contributed by atoms with E-state index in [9.17, 15) is 34.7 Å². The molecule has 5 N–H and O–H groups in total. The summed E-state index contributed by atoms with van der Waals surface area (Å²) in [6.07, 6.45) is -7.90. The number of rotatable bonds is 16. The number of benzene rings is 1. The van der Waals surface area contributed by atoms with Gasteiger partial charge in [0.15, 0.2) is 12.6 Å². The van der Waals surface area contributed by atoms with Crippen molar-refractivity contribution in [2.75, 3.05) is 79.3 Å². The van der Waals surface area contributed by atoms with Crippen molar-refractivity contribution in [3.05, 3.63) is 41.7 Å². The number of cyclic esters (lactones) is 1. The van der Waals surface area contributed by atoms with Crippen LogP contribution in [0.3, 0.4) is 0 Å². The largest absolute Gasteiger partial charge is 0.459 e. The van der Waals surface area contributed by atoms with Crippen molar-refractivity contribution in [2.24, 2.45) is 17.8 Å². The molecule has 1 aromatic carbocycles. The summed E-state index contributed by atoms with van der Waals surface area (Å²) in [6.45, 7) is 20.5. The number of halogens is 1. The third kappa shape index (κ3) is 14.3. The minimum Gasteiger partial charge on any atom is -0.459 e. The Kier molecular flexibility index (Phi) is 21.7. The summed E-state index contributed by atoms with van der Waals surface area (Å²) in [5.41, 5.74) is -2.09. The first kappa shape index (κ1) is 62.2. The molecule has 0 unspecified atom stereocenters. The van der Waals surface area contributed by atoms with Crippen LogP contribution in [0.15, 0.2) is 30.5 Å². The fourth-order valence-electron chi connectivity index (χ4n) is 12.2. The highest BCUT2D eigenvalue weighted by Crippen LogP contribution is 2.41. The molecule has 5 heterocycles. The molecule has 0 spiro atoms. The van der Waals surface area contributed by atoms with Crippen molar-refractivity contribution in [2.45, 2.75) is 204 Å². The summed E-state index contributed by atoms with van der Waals surface area (Å²) in [5, 5.41) is 68.7. The SMILES string of the molecule is CC[C@H]1OC(=O)[C@H](C)[C@@H](O[C@H]2C[C@@](C)(OC)[C@@H](O)[C@H](C)O2)[C@H](C)[C@@H](O[C@@H]2O[C@H](C)C[C@H](N(C)CCc3cn([C@H](CF)[C@H](OC)c4ccc(N5CCOCC5)cc4)nn3)[C@H]2O)[C@](C)(O)C[C@@H](C)CN(C)[C@H](C)[C@@H](O)[C@]1(C)O. The number of methoxy groups -OCH3 is 2. The van der Waals surface area contributed by atoms with Gasteiger partial charge in [0.05, 0.1) is 60.4 Å². The molecule has 4 fully saturated rings. The standard InChI is InChI=1S/C55H93FN6O14/c1-15-43-55(10,68)48(64)36(6)60(12)30-32(2)27-53(8,67)50(34(4)46(35(5)51(66)74-43)75-44-28-54(9,70-14)49(65)37(7)73-44)76-52-45(63)41(26-33(3)72-52)59(11)21-20-39-31-62(58-57-39)42(29-56)47(69-13)38-16-18-40(19-17-38)61-22-24-71-25-23-61/h16-19,31-37,41-50,52,63-65,67-68H,15,20-30H2,1-14H3/t32-,33-,34+,35-,36-,37+,41+,42-,43-,44+,45-,46+,47-,48-,49+,50-,52+,53-,54-,55-/m1/s1. The van der Waals surface area contributed by atoms with E-state index in [1.807, 2.05) is 62.0 Å². The Morgan fingerprint density at radius 1 is 0.947 bits per heavy atom. The van der Waals surface area contributed by atoms with Gasteiger partial charge in [0.1, 0.15) is 48.8 Å². The molecule has 21 heteroatoms. The minimum absolute atomic E-state index is 0.0858. The van der Waals surface area contributed by atoms with Gasteiger partial charge in [0.2, 0.25) is 0 Å². The van der Waals surface area contributed by atoms with Gasteiger partial charge in [-0.25, -0.2) is 9.07 Å². The molecule has 4 aliphatic rings. The van der Waals surface area contributed by atoms with Gasteiger partial charge in [-0.05, 0) is 105 Å². The Labute approximate surface area is 450 Å². The number of hydrogen-bond acceptors (Lipinski definition) is 19. The first-order valence-corrected chi connectivity index (χ1v) is 27.5. The predicted octanol–water partition coefficient (Wildman–Crippen LogP) is 3.84. The van der Waals surface area contributed by atoms with Crippen molar-refractivity contribution >= 4 is 11.7 Å². The van der Waals surface area contributed by atoms with Crippen LogP contribution in [0.5, 0.6) is 0 Å². The molecular formula is C55H93FN6O14. The number of aromatic nitrogens is 3. The Hall–Kier alpha value is -3.00. The number of anilines is 1. The zero-order valence-corrected chi connectivity index (χ0v) is 47.7. The maximum Gasteiger partial charge on any atom is 0.311 e. The lowest BCUT2D eigenvalue weighted by atomic mass is 9.77. The van der Waals surface area contributed by atoms with Gasteiger partial charge in [-0.15, -0.1) is 5.10 Å². The van der Waals surface area contributed by atoms with Crippen LogP contribution in [-0.4, -0.2) is 221 Å². The first-order valence-electron chi connectivity index (χ1n) is 27.5. The first-order chi connectivity index (χ1) is 35.8. The van der Waals surface area contributed by atoms with E-state index in [2.05, 4.69) is 15.2 Å². The van der Waals surface area contributed by atoms with Crippen LogP contribution < -0.4 is 4.90 Å². The Morgan fingerprint density at radius 3 is 2.24 bits per heavy atom. The highest BCUT2D eigenvalue weighted by Gasteiger charge is 2.53. The number of hydrogen-bond donors (Lipinski definition) is 5. The number of likely N-dealkylation sites (N-methyl/N-ethyl adjacent to an activating group) is 2. The van der Waals surface area contributed by atoms with Gasteiger partial charge in [-0.1, -0.05) is 38.1 Å². The van der Waals surface area contributed by atoms with Crippen LogP contribution in [0.4, 0.5) is 10.1 Å². The second-order valence-corrected chi connectivity index (χ2v) is 23.2. The van der Waals surface area contributed by atoms with Crippen molar-refractivity contribution in [3.63, 3.8) is 0 Å². The molecule has 6 rings (SSSR count). The lowest BCUT2D eigenvalue weighted by Crippen LogP contribution is -2.61. The Balaban J connectivity index is 1.25. The normalized spacial score (nSPS) is 39.8. The van der Waals surface area contributed by atoms with Crippen LogP contribution in [0.25, 0.3) is 0 Å². The van der Waals surface area contributed by atoms with E-state index in [4.69, 9.17) is 37.9 Å². The summed E-state index contributed by atoms with van der Waals surface area (Å²) in [5.74, 6) is -2.87. The van der Waals surface area contributed by atoms with Crippen LogP contribution in [0.1, 0.15) is 118 Å². The molecule has 0 bridgehead atoms. The van der Waals surface area contributed by atoms with Crippen molar-refractivity contribution in [1.82, 2.24) is 24.8 Å². The van der Waals surface area contributed by atoms with Gasteiger partial charge in [-0.3, -0.25) is 4.79 Å². The highest BCUT2D eigenvalue weighted by molar-refractivity contribution is 5.73. The fraction of sp³-hybridized carbons (Fsp3) is 0.836. The Bertz CT molecular complexity index is 2100. The molecule has 20 nitrogen and oxygen atoms in total. The molecule has 4 aliphatic heterocycles. The summed E-state index contributed by atoms with van der Waals surface area (Å²) in [4.78, 5) is 20.7. The maximum atomic E-state index is 14.9. The smallest absolute Gasteiger partial charge is 0.311 e. The zero-order valence-electron chi connectivity index (χ0n) is 47.7. The van der Waals surface area contributed by atoms with Crippen LogP contribution >= 0.6 is 0 Å². The number of morpholine rings is 1. The quantitative estimate of drug-likeness (QED) is 0.150. The van der Waals surface area contributed by atoms with Gasteiger partial charge >= 0.3 is 5.97 Å². The van der Waals surface area contributed by atoms with E-state index in [0.29, 0.717) is 44.8 Å². The average molecular weight is 1080 g/mol. The van der Waals surface area contributed by atoms with E-state index in [1.54, 1.807) is 61.8 Å². The number of aliphatic hydroxyl groups excluding tert-OH is 3. The highest BCUT2D eigenvalue weighted by atomic mass is 19.1. The predicted molar refractivity (Wildman–Crippen MR) is 281 cm³/mol. The van der Waals surface area contributed by atoms with Crippen molar-refractivity contribution < 1.29 is 72.6 Å². The molecule has 0 radical (unpaired) electrons. The molecular weight excluding hydrogens is 988 g/mol. The number of alkyl halides is 1. The third-order valence-corrected chi connectivity index (χ3v) is 17.1. The fourth-order valence-corrected chi connectivity index (χ4v) is 12.2. The summed E-state index contributed by atoms with van der Waals surface area (Å²) < 4.78 is 66.2. The second-order valence-electron chi connectivity index (χ2n) is 23.2. The molecule has 2 aromatic rings. The van der Waals surface area contributed by atoms with Crippen molar-refractivity contribution in [1.29, 1.82) is 0 Å². The van der Waals surface area contributed by atoms with Crippen LogP contribution in [0, 0.1) is 17.8 Å². The van der Waals surface area contributed by atoms with E-state index in [-0.39, 0.29) is 25.2 Å².